The average Bonchev–Trinajstić information content (AvgIpc) is 2.18. The van der Waals surface area contributed by atoms with Crippen LogP contribution in [0.15, 0.2) is 12.2 Å². The first-order valence-corrected chi connectivity index (χ1v) is 3.36. The van der Waals surface area contributed by atoms with E-state index in [2.05, 4.69) is 5.32 Å². The highest BCUT2D eigenvalue weighted by molar-refractivity contribution is 4.95. The second kappa shape index (κ2) is 2.99. The highest BCUT2D eigenvalue weighted by Gasteiger charge is 2.21. The summed E-state index contributed by atoms with van der Waals surface area (Å²) in [4.78, 5) is 0. The molecule has 1 aliphatic heterocycles. The maximum atomic E-state index is 9.21. The van der Waals surface area contributed by atoms with E-state index in [1.54, 1.807) is 0 Å². The fraction of sp³-hybridized carbons (Fsp3) is 0.714. The Hall–Kier alpha value is -0.340. The van der Waals surface area contributed by atoms with Crippen molar-refractivity contribution in [1.29, 1.82) is 0 Å². The summed E-state index contributed by atoms with van der Waals surface area (Å²) >= 11 is 0. The Morgan fingerprint density at radius 3 is 2.78 bits per heavy atom. The van der Waals surface area contributed by atoms with Crippen LogP contribution in [0, 0.1) is 5.92 Å². The number of hydrogen-bond acceptors (Lipinski definition) is 2. The Morgan fingerprint density at radius 1 is 1.56 bits per heavy atom. The standard InChI is InChI=1S/C7H13NO/c1-2-3-6-4-8-5-7(6)9/h2-3,6-9H,4-5H2,1H3/b3-2+. The van der Waals surface area contributed by atoms with Gasteiger partial charge in [-0.2, -0.15) is 0 Å². The van der Waals surface area contributed by atoms with Gasteiger partial charge in [-0.15, -0.1) is 0 Å². The van der Waals surface area contributed by atoms with Gasteiger partial charge >= 0.3 is 0 Å². The van der Waals surface area contributed by atoms with Crippen molar-refractivity contribution in [3.63, 3.8) is 0 Å². The van der Waals surface area contributed by atoms with Crippen LogP contribution >= 0.6 is 0 Å². The molecule has 2 N–H and O–H groups in total. The number of aliphatic hydroxyl groups excluding tert-OH is 1. The van der Waals surface area contributed by atoms with Gasteiger partial charge in [0.05, 0.1) is 6.10 Å². The van der Waals surface area contributed by atoms with Gasteiger partial charge in [0.15, 0.2) is 0 Å². The molecule has 0 spiro atoms. The normalized spacial score (nSPS) is 36.2. The fourth-order valence-electron chi connectivity index (χ4n) is 1.13. The minimum absolute atomic E-state index is 0.166. The summed E-state index contributed by atoms with van der Waals surface area (Å²) in [6.07, 6.45) is 3.87. The van der Waals surface area contributed by atoms with E-state index in [9.17, 15) is 5.11 Å². The van der Waals surface area contributed by atoms with Gasteiger partial charge in [0, 0.05) is 19.0 Å². The lowest BCUT2D eigenvalue weighted by Gasteiger charge is -2.05. The maximum absolute atomic E-state index is 9.21. The molecule has 0 saturated carbocycles. The van der Waals surface area contributed by atoms with Crippen molar-refractivity contribution in [2.45, 2.75) is 13.0 Å². The van der Waals surface area contributed by atoms with Gasteiger partial charge in [-0.05, 0) is 6.92 Å². The molecule has 52 valence electrons. The molecule has 1 fully saturated rings. The topological polar surface area (TPSA) is 32.3 Å². The van der Waals surface area contributed by atoms with Gasteiger partial charge in [-0.3, -0.25) is 0 Å². The second-order valence-corrected chi connectivity index (χ2v) is 2.42. The molecular weight excluding hydrogens is 114 g/mol. The van der Waals surface area contributed by atoms with Crippen molar-refractivity contribution in [3.8, 4) is 0 Å². The number of allylic oxidation sites excluding steroid dienone is 1. The molecule has 0 aromatic carbocycles. The SMILES string of the molecule is C/C=C/C1CNCC1O. The molecule has 0 amide bonds. The molecule has 1 rings (SSSR count). The summed E-state index contributed by atoms with van der Waals surface area (Å²) < 4.78 is 0. The van der Waals surface area contributed by atoms with E-state index in [1.165, 1.54) is 0 Å². The monoisotopic (exact) mass is 127 g/mol. The van der Waals surface area contributed by atoms with Crippen LogP contribution < -0.4 is 5.32 Å². The smallest absolute Gasteiger partial charge is 0.0739 e. The molecule has 1 heterocycles. The minimum atomic E-state index is -0.166. The molecule has 0 aromatic heterocycles. The highest BCUT2D eigenvalue weighted by atomic mass is 16.3. The van der Waals surface area contributed by atoms with Crippen LogP contribution in [0.1, 0.15) is 6.92 Å². The first-order chi connectivity index (χ1) is 4.34. The molecule has 2 nitrogen and oxygen atoms in total. The van der Waals surface area contributed by atoms with E-state index in [-0.39, 0.29) is 6.10 Å². The zero-order valence-corrected chi connectivity index (χ0v) is 5.67. The van der Waals surface area contributed by atoms with Crippen LogP contribution in [0.3, 0.4) is 0 Å². The van der Waals surface area contributed by atoms with Gasteiger partial charge in [-0.25, -0.2) is 0 Å². The number of nitrogens with one attached hydrogen (secondary N) is 1. The summed E-state index contributed by atoms with van der Waals surface area (Å²) in [6.45, 7) is 3.64. The molecular formula is C7H13NO. The lowest BCUT2D eigenvalue weighted by Crippen LogP contribution is -2.15. The number of aliphatic hydroxyl groups is 1. The fourth-order valence-corrected chi connectivity index (χ4v) is 1.13. The van der Waals surface area contributed by atoms with Gasteiger partial charge in [-0.1, -0.05) is 12.2 Å². The average molecular weight is 127 g/mol. The molecule has 2 heteroatoms. The lowest BCUT2D eigenvalue weighted by molar-refractivity contribution is 0.167. The van der Waals surface area contributed by atoms with E-state index in [0.29, 0.717) is 5.92 Å². The van der Waals surface area contributed by atoms with Crippen molar-refractivity contribution in [3.05, 3.63) is 12.2 Å². The van der Waals surface area contributed by atoms with Crippen LogP contribution in [0.2, 0.25) is 0 Å². The third-order valence-corrected chi connectivity index (χ3v) is 1.67. The van der Waals surface area contributed by atoms with Crippen molar-refractivity contribution in [1.82, 2.24) is 5.32 Å². The predicted octanol–water partition coefficient (Wildman–Crippen LogP) is 0.143. The number of β-amino-alcohol motifs (C(OH)–C–C–N with tert-alkyl or cyclic N) is 1. The molecule has 2 atom stereocenters. The third kappa shape index (κ3) is 1.53. The van der Waals surface area contributed by atoms with E-state index >= 15 is 0 Å². The molecule has 2 unspecified atom stereocenters. The Labute approximate surface area is 55.6 Å². The summed E-state index contributed by atoms with van der Waals surface area (Å²) in [5.41, 5.74) is 0. The molecule has 0 aliphatic carbocycles. The van der Waals surface area contributed by atoms with Crippen molar-refractivity contribution in [2.24, 2.45) is 5.92 Å². The first kappa shape index (κ1) is 6.78. The third-order valence-electron chi connectivity index (χ3n) is 1.67. The van der Waals surface area contributed by atoms with Crippen LogP contribution in [0.25, 0.3) is 0 Å². The number of rotatable bonds is 1. The molecule has 0 radical (unpaired) electrons. The zero-order chi connectivity index (χ0) is 6.69. The molecule has 0 aromatic rings. The molecule has 0 bridgehead atoms. The quantitative estimate of drug-likeness (QED) is 0.491. The van der Waals surface area contributed by atoms with Crippen LogP contribution in [0.5, 0.6) is 0 Å². The van der Waals surface area contributed by atoms with Crippen molar-refractivity contribution in [2.75, 3.05) is 13.1 Å². The Morgan fingerprint density at radius 2 is 2.33 bits per heavy atom. The van der Waals surface area contributed by atoms with Gasteiger partial charge < -0.3 is 10.4 Å². The summed E-state index contributed by atoms with van der Waals surface area (Å²) in [7, 11) is 0. The highest BCUT2D eigenvalue weighted by Crippen LogP contribution is 2.09. The van der Waals surface area contributed by atoms with Crippen LogP contribution in [0.4, 0.5) is 0 Å². The Bertz CT molecular complexity index is 111. The van der Waals surface area contributed by atoms with Crippen LogP contribution in [-0.2, 0) is 0 Å². The summed E-state index contributed by atoms with van der Waals surface area (Å²) in [5, 5.41) is 12.3. The molecule has 9 heavy (non-hydrogen) atoms. The first-order valence-electron chi connectivity index (χ1n) is 3.36. The summed E-state index contributed by atoms with van der Waals surface area (Å²) in [6, 6.07) is 0. The predicted molar refractivity (Wildman–Crippen MR) is 37.2 cm³/mol. The maximum Gasteiger partial charge on any atom is 0.0739 e. The number of hydrogen-bond donors (Lipinski definition) is 2. The molecule has 1 aliphatic rings. The van der Waals surface area contributed by atoms with Crippen molar-refractivity contribution < 1.29 is 5.11 Å². The van der Waals surface area contributed by atoms with Gasteiger partial charge in [0.25, 0.3) is 0 Å². The van der Waals surface area contributed by atoms with E-state index in [0.717, 1.165) is 13.1 Å². The Balaban J connectivity index is 2.39. The minimum Gasteiger partial charge on any atom is -0.391 e. The van der Waals surface area contributed by atoms with E-state index in [4.69, 9.17) is 0 Å². The van der Waals surface area contributed by atoms with Gasteiger partial charge in [0.2, 0.25) is 0 Å². The van der Waals surface area contributed by atoms with Gasteiger partial charge in [0.1, 0.15) is 0 Å². The zero-order valence-electron chi connectivity index (χ0n) is 5.67. The largest absolute Gasteiger partial charge is 0.391 e. The van der Waals surface area contributed by atoms with Crippen LogP contribution in [-0.4, -0.2) is 24.3 Å². The van der Waals surface area contributed by atoms with E-state index in [1.807, 2.05) is 19.1 Å². The van der Waals surface area contributed by atoms with Crippen molar-refractivity contribution >= 4 is 0 Å². The summed E-state index contributed by atoms with van der Waals surface area (Å²) in [5.74, 6) is 0.343. The second-order valence-electron chi connectivity index (χ2n) is 2.42. The van der Waals surface area contributed by atoms with E-state index < -0.39 is 0 Å². The molecule has 1 saturated heterocycles. The lowest BCUT2D eigenvalue weighted by atomic mass is 10.1. The Kier molecular flexibility index (Phi) is 2.25.